The smallest absolute Gasteiger partial charge is 0.260 e. The molecule has 8 heteroatoms. The summed E-state index contributed by atoms with van der Waals surface area (Å²) in [7, 11) is -3.76. The number of nitrogens with two attached hydrogens (primary N) is 1. The van der Waals surface area contributed by atoms with Crippen LogP contribution in [0.15, 0.2) is 11.2 Å². The topological polar surface area (TPSA) is 109 Å². The van der Waals surface area contributed by atoms with Crippen molar-refractivity contribution >= 4 is 15.9 Å². The second-order valence-corrected chi connectivity index (χ2v) is 6.40. The normalized spacial score (nSPS) is 12.3. The number of H-pyrrole nitrogens is 1. The molecule has 1 heterocycles. The predicted octanol–water partition coefficient (Wildman–Crippen LogP) is -0.150. The van der Waals surface area contributed by atoms with Crippen LogP contribution in [0.5, 0.6) is 0 Å². The van der Waals surface area contributed by atoms with Crippen molar-refractivity contribution in [1.29, 1.82) is 0 Å². The maximum Gasteiger partial charge on any atom is 0.260 e. The van der Waals surface area contributed by atoms with Gasteiger partial charge < -0.3 is 10.7 Å². The molecule has 0 spiro atoms. The molecule has 0 fully saturated rings. The Kier molecular flexibility index (Phi) is 4.47. The molecule has 0 aliphatic heterocycles. The molecule has 0 saturated carbocycles. The van der Waals surface area contributed by atoms with Crippen molar-refractivity contribution in [2.45, 2.75) is 25.8 Å². The highest BCUT2D eigenvalue weighted by Gasteiger charge is 2.28. The van der Waals surface area contributed by atoms with Crippen molar-refractivity contribution in [2.75, 3.05) is 13.1 Å². The summed E-state index contributed by atoms with van der Waals surface area (Å²) in [5.41, 5.74) is 5.08. The zero-order valence-electron chi connectivity index (χ0n) is 10.7. The Hall–Kier alpha value is -1.41. The third-order valence-electron chi connectivity index (χ3n) is 2.20. The summed E-state index contributed by atoms with van der Waals surface area (Å²) in [4.78, 5) is 17.5. The number of hydrogen-bond acceptors (Lipinski definition) is 4. The van der Waals surface area contributed by atoms with Gasteiger partial charge >= 0.3 is 0 Å². The predicted molar refractivity (Wildman–Crippen MR) is 66.1 cm³/mol. The Bertz CT molecular complexity index is 521. The van der Waals surface area contributed by atoms with Gasteiger partial charge in [0, 0.05) is 6.54 Å². The van der Waals surface area contributed by atoms with Crippen LogP contribution >= 0.6 is 0 Å². The van der Waals surface area contributed by atoms with Gasteiger partial charge in [0.15, 0.2) is 5.03 Å². The lowest BCUT2D eigenvalue weighted by Crippen LogP contribution is -2.40. The molecule has 1 amide bonds. The van der Waals surface area contributed by atoms with E-state index in [0.717, 1.165) is 4.31 Å². The molecule has 0 atom stereocenters. The number of nitrogens with zero attached hydrogens (tertiary/aromatic N) is 2. The SMILES string of the molecule is Cc1ncc(S(=O)(=O)N(CC(N)=O)CC(C)C)[nH]1. The number of sulfonamides is 1. The molecular weight excluding hydrogens is 256 g/mol. The quantitative estimate of drug-likeness (QED) is 0.751. The first-order valence-electron chi connectivity index (χ1n) is 5.53. The number of hydrogen-bond donors (Lipinski definition) is 2. The van der Waals surface area contributed by atoms with Gasteiger partial charge in [0.2, 0.25) is 5.91 Å². The number of carbonyl (C=O) groups excluding carboxylic acids is 1. The van der Waals surface area contributed by atoms with Crippen molar-refractivity contribution < 1.29 is 13.2 Å². The summed E-state index contributed by atoms with van der Waals surface area (Å²) in [6, 6.07) is 0. The number of nitrogens with one attached hydrogen (secondary N) is 1. The lowest BCUT2D eigenvalue weighted by atomic mass is 10.2. The first kappa shape index (κ1) is 14.7. The second kappa shape index (κ2) is 5.49. The van der Waals surface area contributed by atoms with Gasteiger partial charge in [-0.15, -0.1) is 0 Å². The van der Waals surface area contributed by atoms with E-state index in [2.05, 4.69) is 9.97 Å². The summed E-state index contributed by atoms with van der Waals surface area (Å²) < 4.78 is 25.6. The fraction of sp³-hybridized carbons (Fsp3) is 0.600. The van der Waals surface area contributed by atoms with Gasteiger partial charge in [-0.25, -0.2) is 13.4 Å². The first-order valence-corrected chi connectivity index (χ1v) is 6.97. The van der Waals surface area contributed by atoms with Crippen LogP contribution in [0, 0.1) is 12.8 Å². The number of carbonyl (C=O) groups is 1. The van der Waals surface area contributed by atoms with Gasteiger partial charge in [0.05, 0.1) is 12.7 Å². The molecule has 1 rings (SSSR count). The van der Waals surface area contributed by atoms with Crippen LogP contribution in [0.25, 0.3) is 0 Å². The minimum atomic E-state index is -3.76. The molecule has 0 radical (unpaired) electrons. The highest BCUT2D eigenvalue weighted by Crippen LogP contribution is 2.14. The number of aromatic amines is 1. The van der Waals surface area contributed by atoms with Crippen molar-refractivity contribution in [2.24, 2.45) is 11.7 Å². The van der Waals surface area contributed by atoms with E-state index >= 15 is 0 Å². The highest BCUT2D eigenvalue weighted by atomic mass is 32.2. The molecule has 3 N–H and O–H groups in total. The molecule has 7 nitrogen and oxygen atoms in total. The Morgan fingerprint density at radius 3 is 2.56 bits per heavy atom. The largest absolute Gasteiger partial charge is 0.369 e. The minimum Gasteiger partial charge on any atom is -0.369 e. The summed E-state index contributed by atoms with van der Waals surface area (Å²) in [5, 5.41) is -0.0260. The van der Waals surface area contributed by atoms with Crippen molar-refractivity contribution in [3.63, 3.8) is 0 Å². The van der Waals surface area contributed by atoms with Crippen molar-refractivity contribution in [3.8, 4) is 0 Å². The highest BCUT2D eigenvalue weighted by molar-refractivity contribution is 7.89. The Balaban J connectivity index is 3.06. The third-order valence-corrected chi connectivity index (χ3v) is 3.92. The van der Waals surface area contributed by atoms with E-state index in [-0.39, 0.29) is 24.0 Å². The number of rotatable bonds is 6. The molecule has 102 valence electrons. The Morgan fingerprint density at radius 1 is 1.56 bits per heavy atom. The van der Waals surface area contributed by atoms with E-state index in [4.69, 9.17) is 5.73 Å². The zero-order valence-corrected chi connectivity index (χ0v) is 11.5. The van der Waals surface area contributed by atoms with Crippen LogP contribution in [-0.2, 0) is 14.8 Å². The van der Waals surface area contributed by atoms with Crippen LogP contribution in [0.3, 0.4) is 0 Å². The molecule has 1 aromatic rings. The van der Waals surface area contributed by atoms with Crippen LogP contribution < -0.4 is 5.73 Å². The number of aryl methyl sites for hydroxylation is 1. The summed E-state index contributed by atoms with van der Waals surface area (Å²) in [6.07, 6.45) is 1.24. The number of imidazole rings is 1. The second-order valence-electron chi connectivity index (χ2n) is 4.49. The van der Waals surface area contributed by atoms with Gasteiger partial charge in [0.25, 0.3) is 10.0 Å². The maximum absolute atomic E-state index is 12.3. The lowest BCUT2D eigenvalue weighted by Gasteiger charge is -2.21. The van der Waals surface area contributed by atoms with Crippen LogP contribution in [0.1, 0.15) is 19.7 Å². The van der Waals surface area contributed by atoms with E-state index < -0.39 is 15.9 Å². The number of aromatic nitrogens is 2. The van der Waals surface area contributed by atoms with Crippen molar-refractivity contribution in [1.82, 2.24) is 14.3 Å². The molecule has 18 heavy (non-hydrogen) atoms. The van der Waals surface area contributed by atoms with Gasteiger partial charge in [-0.1, -0.05) is 13.8 Å². The van der Waals surface area contributed by atoms with Gasteiger partial charge in [-0.05, 0) is 12.8 Å². The van der Waals surface area contributed by atoms with E-state index in [9.17, 15) is 13.2 Å². The number of amides is 1. The molecule has 0 aliphatic rings. The molecule has 1 aromatic heterocycles. The fourth-order valence-corrected chi connectivity index (χ4v) is 3.03. The summed E-state index contributed by atoms with van der Waals surface area (Å²) in [5.74, 6) is -0.101. The monoisotopic (exact) mass is 274 g/mol. The minimum absolute atomic E-state index is 0.0260. The van der Waals surface area contributed by atoms with Gasteiger partial charge in [0.1, 0.15) is 5.82 Å². The Morgan fingerprint density at radius 2 is 2.17 bits per heavy atom. The van der Waals surface area contributed by atoms with Crippen LogP contribution in [0.2, 0.25) is 0 Å². The standard InChI is InChI=1S/C10H18N4O3S/c1-7(2)5-14(6-9(11)15)18(16,17)10-4-12-8(3)13-10/h4,7H,5-6H2,1-3H3,(H2,11,15)(H,12,13). The Labute approximate surface area is 106 Å². The first-order chi connectivity index (χ1) is 8.23. The lowest BCUT2D eigenvalue weighted by molar-refractivity contribution is -0.118. The number of primary amides is 1. The van der Waals surface area contributed by atoms with E-state index in [0.29, 0.717) is 5.82 Å². The zero-order chi connectivity index (χ0) is 13.9. The van der Waals surface area contributed by atoms with E-state index in [1.807, 2.05) is 13.8 Å². The summed E-state index contributed by atoms with van der Waals surface area (Å²) in [6.45, 7) is 5.27. The maximum atomic E-state index is 12.3. The molecule has 0 aliphatic carbocycles. The fourth-order valence-electron chi connectivity index (χ4n) is 1.50. The average molecular weight is 274 g/mol. The molecular formula is C10H18N4O3S. The van der Waals surface area contributed by atoms with E-state index in [1.54, 1.807) is 6.92 Å². The third kappa shape index (κ3) is 3.54. The summed E-state index contributed by atoms with van der Waals surface area (Å²) >= 11 is 0. The van der Waals surface area contributed by atoms with Gasteiger partial charge in [-0.2, -0.15) is 4.31 Å². The van der Waals surface area contributed by atoms with Gasteiger partial charge in [-0.3, -0.25) is 4.79 Å². The average Bonchev–Trinajstić information content (AvgIpc) is 2.63. The van der Waals surface area contributed by atoms with Crippen LogP contribution in [-0.4, -0.2) is 41.7 Å². The molecule has 0 unspecified atom stereocenters. The van der Waals surface area contributed by atoms with Crippen molar-refractivity contribution in [3.05, 3.63) is 12.0 Å². The van der Waals surface area contributed by atoms with Crippen LogP contribution in [0.4, 0.5) is 0 Å². The molecule has 0 saturated heterocycles. The molecule has 0 aromatic carbocycles. The van der Waals surface area contributed by atoms with E-state index in [1.165, 1.54) is 6.20 Å². The molecule has 0 bridgehead atoms.